The van der Waals surface area contributed by atoms with E-state index in [1.165, 1.54) is 35.9 Å². The second-order valence-electron chi connectivity index (χ2n) is 3.99. The topological polar surface area (TPSA) is 96.4 Å². The van der Waals surface area contributed by atoms with Crippen molar-refractivity contribution in [2.45, 2.75) is 11.4 Å². The van der Waals surface area contributed by atoms with E-state index < -0.39 is 16.0 Å². The number of sulfonamides is 1. The number of aromatic nitrogens is 1. The number of hydrogen-bond donors (Lipinski definition) is 2. The summed E-state index contributed by atoms with van der Waals surface area (Å²) in [7, 11) is -3.59. The van der Waals surface area contributed by atoms with Crippen LogP contribution < -0.4 is 4.72 Å². The predicted molar refractivity (Wildman–Crippen MR) is 79.3 cm³/mol. The number of carboxylic acid groups (broad SMARTS) is 1. The lowest BCUT2D eigenvalue weighted by Crippen LogP contribution is -2.22. The standard InChI is InChI=1S/C13H12N2O4S2/c16-13(17)6-5-10-3-4-11(20-10)8-15-21(18,19)12-2-1-7-14-9-12/h1-7,9,15H,8H2,(H,16,17). The number of aliphatic carboxylic acids is 1. The molecular weight excluding hydrogens is 312 g/mol. The Labute approximate surface area is 125 Å². The zero-order valence-electron chi connectivity index (χ0n) is 10.8. The first-order valence-electron chi connectivity index (χ1n) is 5.87. The molecular formula is C13H12N2O4S2. The van der Waals surface area contributed by atoms with Crippen LogP contribution in [0.4, 0.5) is 0 Å². The molecule has 2 heterocycles. The van der Waals surface area contributed by atoms with E-state index >= 15 is 0 Å². The van der Waals surface area contributed by atoms with Crippen molar-refractivity contribution in [3.8, 4) is 0 Å². The van der Waals surface area contributed by atoms with Gasteiger partial charge in [0.25, 0.3) is 0 Å². The molecule has 0 radical (unpaired) electrons. The number of carbonyl (C=O) groups is 1. The Hall–Kier alpha value is -2.03. The Kier molecular flexibility index (Phi) is 4.84. The van der Waals surface area contributed by atoms with E-state index in [1.54, 1.807) is 18.2 Å². The summed E-state index contributed by atoms with van der Waals surface area (Å²) in [6.07, 6.45) is 5.28. The third kappa shape index (κ3) is 4.48. The first kappa shape index (κ1) is 15.4. The molecule has 0 aliphatic heterocycles. The van der Waals surface area contributed by atoms with Gasteiger partial charge in [0, 0.05) is 34.8 Å². The van der Waals surface area contributed by atoms with Crippen LogP contribution in [0.1, 0.15) is 9.75 Å². The second kappa shape index (κ2) is 6.61. The molecule has 0 saturated carbocycles. The van der Waals surface area contributed by atoms with Crippen molar-refractivity contribution in [3.05, 3.63) is 52.5 Å². The Balaban J connectivity index is 2.02. The van der Waals surface area contributed by atoms with Gasteiger partial charge in [-0.25, -0.2) is 17.9 Å². The number of thiophene rings is 1. The molecule has 2 rings (SSSR count). The summed E-state index contributed by atoms with van der Waals surface area (Å²) < 4.78 is 26.5. The summed E-state index contributed by atoms with van der Waals surface area (Å²) in [5.74, 6) is -1.03. The molecule has 0 atom stereocenters. The van der Waals surface area contributed by atoms with Gasteiger partial charge in [-0.3, -0.25) is 4.98 Å². The summed E-state index contributed by atoms with van der Waals surface area (Å²) in [6, 6.07) is 6.50. The highest BCUT2D eigenvalue weighted by atomic mass is 32.2. The monoisotopic (exact) mass is 324 g/mol. The van der Waals surface area contributed by atoms with Gasteiger partial charge in [0.15, 0.2) is 0 Å². The molecule has 6 nitrogen and oxygen atoms in total. The van der Waals surface area contributed by atoms with Crippen LogP contribution in [0.25, 0.3) is 6.08 Å². The summed E-state index contributed by atoms with van der Waals surface area (Å²) in [5, 5.41) is 8.54. The molecule has 2 aromatic rings. The minimum absolute atomic E-state index is 0.104. The van der Waals surface area contributed by atoms with E-state index in [-0.39, 0.29) is 11.4 Å². The van der Waals surface area contributed by atoms with Crippen LogP contribution >= 0.6 is 11.3 Å². The molecule has 0 fully saturated rings. The highest BCUT2D eigenvalue weighted by Crippen LogP contribution is 2.18. The van der Waals surface area contributed by atoms with E-state index in [0.29, 0.717) is 0 Å². The van der Waals surface area contributed by atoms with Crippen LogP contribution in [0.2, 0.25) is 0 Å². The van der Waals surface area contributed by atoms with Gasteiger partial charge >= 0.3 is 5.97 Å². The molecule has 0 bridgehead atoms. The van der Waals surface area contributed by atoms with Crippen molar-refractivity contribution in [1.29, 1.82) is 0 Å². The van der Waals surface area contributed by atoms with E-state index in [0.717, 1.165) is 15.8 Å². The van der Waals surface area contributed by atoms with Crippen molar-refractivity contribution < 1.29 is 18.3 Å². The predicted octanol–water partition coefficient (Wildman–Crippen LogP) is 1.72. The molecule has 2 aromatic heterocycles. The van der Waals surface area contributed by atoms with Gasteiger partial charge in [-0.05, 0) is 30.3 Å². The number of nitrogens with one attached hydrogen (secondary N) is 1. The fourth-order valence-corrected chi connectivity index (χ4v) is 3.40. The summed E-state index contributed by atoms with van der Waals surface area (Å²) in [4.78, 5) is 15.8. The molecule has 2 N–H and O–H groups in total. The van der Waals surface area contributed by atoms with Crippen LogP contribution in [-0.4, -0.2) is 24.5 Å². The summed E-state index contributed by atoms with van der Waals surface area (Å²) in [5.41, 5.74) is 0. The molecule has 110 valence electrons. The Morgan fingerprint density at radius 2 is 2.19 bits per heavy atom. The quantitative estimate of drug-likeness (QED) is 0.789. The van der Waals surface area contributed by atoms with Crippen LogP contribution in [0, 0.1) is 0 Å². The van der Waals surface area contributed by atoms with Crippen LogP contribution in [0.5, 0.6) is 0 Å². The lowest BCUT2D eigenvalue weighted by atomic mass is 10.4. The Morgan fingerprint density at radius 3 is 2.86 bits per heavy atom. The highest BCUT2D eigenvalue weighted by molar-refractivity contribution is 7.89. The van der Waals surface area contributed by atoms with Crippen molar-refractivity contribution in [1.82, 2.24) is 9.71 Å². The highest BCUT2D eigenvalue weighted by Gasteiger charge is 2.13. The Bertz CT molecular complexity index is 751. The maximum atomic E-state index is 12.0. The van der Waals surface area contributed by atoms with Crippen molar-refractivity contribution in [2.24, 2.45) is 0 Å². The number of carboxylic acids is 1. The molecule has 0 aliphatic rings. The molecule has 21 heavy (non-hydrogen) atoms. The lowest BCUT2D eigenvalue weighted by molar-refractivity contribution is -0.131. The maximum Gasteiger partial charge on any atom is 0.328 e. The lowest BCUT2D eigenvalue weighted by Gasteiger charge is -2.04. The van der Waals surface area contributed by atoms with E-state index in [9.17, 15) is 13.2 Å². The average Bonchev–Trinajstić information content (AvgIpc) is 2.92. The zero-order chi connectivity index (χ0) is 15.3. The van der Waals surface area contributed by atoms with Gasteiger partial charge in [0.1, 0.15) is 4.90 Å². The molecule has 8 heteroatoms. The maximum absolute atomic E-state index is 12.0. The van der Waals surface area contributed by atoms with Crippen molar-refractivity contribution in [3.63, 3.8) is 0 Å². The van der Waals surface area contributed by atoms with E-state index in [2.05, 4.69) is 9.71 Å². The van der Waals surface area contributed by atoms with Crippen molar-refractivity contribution >= 4 is 33.4 Å². The van der Waals surface area contributed by atoms with Gasteiger partial charge in [0.05, 0.1) is 0 Å². The second-order valence-corrected chi connectivity index (χ2v) is 6.96. The Morgan fingerprint density at radius 1 is 1.38 bits per heavy atom. The number of pyridine rings is 1. The number of nitrogens with zero attached hydrogens (tertiary/aromatic N) is 1. The third-order valence-corrected chi connectivity index (χ3v) is 4.89. The fourth-order valence-electron chi connectivity index (χ4n) is 1.49. The molecule has 0 spiro atoms. The minimum Gasteiger partial charge on any atom is -0.478 e. The number of hydrogen-bond acceptors (Lipinski definition) is 5. The van der Waals surface area contributed by atoms with Crippen LogP contribution in [0.15, 0.2) is 47.6 Å². The van der Waals surface area contributed by atoms with Gasteiger partial charge in [0.2, 0.25) is 10.0 Å². The first-order valence-corrected chi connectivity index (χ1v) is 8.17. The summed E-state index contributed by atoms with van der Waals surface area (Å²) in [6.45, 7) is 0.142. The first-order chi connectivity index (χ1) is 9.97. The van der Waals surface area contributed by atoms with Crippen molar-refractivity contribution in [2.75, 3.05) is 0 Å². The SMILES string of the molecule is O=C(O)C=Cc1ccc(CNS(=O)(=O)c2cccnc2)s1. The van der Waals surface area contributed by atoms with Gasteiger partial charge in [-0.2, -0.15) is 0 Å². The van der Waals surface area contributed by atoms with Gasteiger partial charge in [-0.15, -0.1) is 11.3 Å². The third-order valence-electron chi connectivity index (χ3n) is 2.45. The zero-order valence-corrected chi connectivity index (χ0v) is 12.4. The van der Waals surface area contributed by atoms with E-state index in [1.807, 2.05) is 0 Å². The fraction of sp³-hybridized carbons (Fsp3) is 0.0769. The van der Waals surface area contributed by atoms with Gasteiger partial charge in [-0.1, -0.05) is 0 Å². The molecule has 0 saturated heterocycles. The molecule has 0 aromatic carbocycles. The van der Waals surface area contributed by atoms with Crippen LogP contribution in [0.3, 0.4) is 0 Å². The molecule has 0 amide bonds. The summed E-state index contributed by atoms with van der Waals surface area (Å²) >= 11 is 1.32. The normalized spacial score (nSPS) is 11.8. The minimum atomic E-state index is -3.59. The molecule has 0 aliphatic carbocycles. The van der Waals surface area contributed by atoms with Gasteiger partial charge < -0.3 is 5.11 Å². The molecule has 0 unspecified atom stereocenters. The number of rotatable bonds is 6. The average molecular weight is 324 g/mol. The van der Waals surface area contributed by atoms with Crippen LogP contribution in [-0.2, 0) is 21.4 Å². The largest absolute Gasteiger partial charge is 0.478 e. The van der Waals surface area contributed by atoms with E-state index in [4.69, 9.17) is 5.11 Å². The smallest absolute Gasteiger partial charge is 0.328 e.